The average Bonchev–Trinajstić information content (AvgIpc) is 3.24. The number of aromatic nitrogens is 1. The number of carbonyl (C=O) groups excluding carboxylic acids is 1. The number of nitrogens with zero attached hydrogens (tertiary/aromatic N) is 2. The quantitative estimate of drug-likeness (QED) is 0.601. The van der Waals surface area contributed by atoms with Crippen LogP contribution in [0.5, 0.6) is 0 Å². The van der Waals surface area contributed by atoms with E-state index >= 15 is 0 Å². The maximum absolute atomic E-state index is 12.4. The summed E-state index contributed by atoms with van der Waals surface area (Å²) in [5, 5.41) is 0.0705. The van der Waals surface area contributed by atoms with Crippen molar-refractivity contribution in [2.45, 2.75) is 11.9 Å². The monoisotopic (exact) mass is 412 g/mol. The van der Waals surface area contributed by atoms with Gasteiger partial charge < -0.3 is 9.47 Å². The van der Waals surface area contributed by atoms with Gasteiger partial charge in [0.2, 0.25) is 5.91 Å². The lowest BCUT2D eigenvalue weighted by molar-refractivity contribution is -0.128. The maximum Gasteiger partial charge on any atom is 0.234 e. The second-order valence-corrected chi connectivity index (χ2v) is 7.99. The summed E-state index contributed by atoms with van der Waals surface area (Å²) < 4.78 is 3.15. The van der Waals surface area contributed by atoms with Gasteiger partial charge in [-0.3, -0.25) is 4.79 Å². The lowest BCUT2D eigenvalue weighted by Gasteiger charge is -2.23. The minimum absolute atomic E-state index is 0.0705. The van der Waals surface area contributed by atoms with Gasteiger partial charge in [0.15, 0.2) is 0 Å². The number of benzene rings is 2. The van der Waals surface area contributed by atoms with Gasteiger partial charge >= 0.3 is 0 Å². The molecule has 1 aliphatic rings. The minimum atomic E-state index is 0.0705. The van der Waals surface area contributed by atoms with Crippen LogP contribution in [0.4, 0.5) is 0 Å². The topological polar surface area (TPSA) is 25.2 Å². The fourth-order valence-electron chi connectivity index (χ4n) is 3.04. The van der Waals surface area contributed by atoms with Gasteiger partial charge in [-0.15, -0.1) is 11.8 Å². The first-order valence-electron chi connectivity index (χ1n) is 8.09. The van der Waals surface area contributed by atoms with Crippen LogP contribution in [0.15, 0.2) is 77.5 Å². The largest absolute Gasteiger partial charge is 0.323 e. The first-order chi connectivity index (χ1) is 12.2. The van der Waals surface area contributed by atoms with Crippen molar-refractivity contribution in [1.82, 2.24) is 9.47 Å². The van der Waals surface area contributed by atoms with Gasteiger partial charge in [-0.05, 0) is 29.8 Å². The standard InChI is InChI=1S/C20H17BrN2OS/c21-17-7-4-8-18(11-17)22-10-9-16(13-22)20-23(19(24)14-25-20)12-15-5-2-1-3-6-15/h1-11,13,20H,12,14H2. The zero-order chi connectivity index (χ0) is 17.2. The molecule has 1 amide bonds. The zero-order valence-electron chi connectivity index (χ0n) is 13.5. The molecular weight excluding hydrogens is 396 g/mol. The number of thioether (sulfide) groups is 1. The second kappa shape index (κ2) is 7.10. The Morgan fingerprint density at radius 3 is 2.72 bits per heavy atom. The Bertz CT molecular complexity index is 893. The molecule has 25 heavy (non-hydrogen) atoms. The highest BCUT2D eigenvalue weighted by molar-refractivity contribution is 9.10. The second-order valence-electron chi connectivity index (χ2n) is 6.00. The molecule has 1 unspecified atom stereocenters. The number of amides is 1. The summed E-state index contributed by atoms with van der Waals surface area (Å²) in [5.41, 5.74) is 3.42. The Hall–Kier alpha value is -1.98. The summed E-state index contributed by atoms with van der Waals surface area (Å²) in [4.78, 5) is 14.3. The van der Waals surface area contributed by atoms with Crippen molar-refractivity contribution in [3.8, 4) is 5.69 Å². The van der Waals surface area contributed by atoms with E-state index in [1.165, 1.54) is 0 Å². The van der Waals surface area contributed by atoms with Crippen molar-refractivity contribution < 1.29 is 4.79 Å². The van der Waals surface area contributed by atoms with E-state index in [1.54, 1.807) is 11.8 Å². The molecule has 0 radical (unpaired) electrons. The van der Waals surface area contributed by atoms with Crippen LogP contribution in [0.3, 0.4) is 0 Å². The molecule has 4 rings (SSSR count). The van der Waals surface area contributed by atoms with Crippen molar-refractivity contribution in [3.63, 3.8) is 0 Å². The SMILES string of the molecule is O=C1CSC(c2ccn(-c3cccc(Br)c3)c2)N1Cc1ccccc1. The van der Waals surface area contributed by atoms with E-state index in [1.807, 2.05) is 35.2 Å². The Morgan fingerprint density at radius 2 is 1.92 bits per heavy atom. The smallest absolute Gasteiger partial charge is 0.234 e. The minimum Gasteiger partial charge on any atom is -0.323 e. The van der Waals surface area contributed by atoms with Gasteiger partial charge in [0.05, 0.1) is 5.75 Å². The number of carbonyl (C=O) groups is 1. The summed E-state index contributed by atoms with van der Waals surface area (Å²) in [7, 11) is 0. The van der Waals surface area contributed by atoms with Gasteiger partial charge in [0, 0.05) is 34.7 Å². The molecular formula is C20H17BrN2OS. The molecule has 1 aliphatic heterocycles. The number of hydrogen-bond acceptors (Lipinski definition) is 2. The van der Waals surface area contributed by atoms with Crippen molar-refractivity contribution in [1.29, 1.82) is 0 Å². The molecule has 0 bridgehead atoms. The van der Waals surface area contributed by atoms with E-state index in [-0.39, 0.29) is 11.3 Å². The Morgan fingerprint density at radius 1 is 1.08 bits per heavy atom. The lowest BCUT2D eigenvalue weighted by Crippen LogP contribution is -2.27. The zero-order valence-corrected chi connectivity index (χ0v) is 15.9. The van der Waals surface area contributed by atoms with E-state index in [0.29, 0.717) is 12.3 Å². The number of hydrogen-bond donors (Lipinski definition) is 0. The molecule has 0 aliphatic carbocycles. The Labute approximate surface area is 159 Å². The predicted molar refractivity (Wildman–Crippen MR) is 106 cm³/mol. The van der Waals surface area contributed by atoms with E-state index in [2.05, 4.69) is 63.2 Å². The molecule has 0 spiro atoms. The van der Waals surface area contributed by atoms with Crippen LogP contribution in [-0.2, 0) is 11.3 Å². The average molecular weight is 413 g/mol. The van der Waals surface area contributed by atoms with Gasteiger partial charge in [-0.25, -0.2) is 0 Å². The fraction of sp³-hybridized carbons (Fsp3) is 0.150. The third kappa shape index (κ3) is 3.53. The Balaban J connectivity index is 1.59. The van der Waals surface area contributed by atoms with E-state index in [4.69, 9.17) is 0 Å². The molecule has 3 nitrogen and oxygen atoms in total. The van der Waals surface area contributed by atoms with Gasteiger partial charge in [-0.1, -0.05) is 52.3 Å². The van der Waals surface area contributed by atoms with Crippen LogP contribution >= 0.6 is 27.7 Å². The van der Waals surface area contributed by atoms with Crippen molar-refractivity contribution in [2.75, 3.05) is 5.75 Å². The molecule has 2 heterocycles. The van der Waals surface area contributed by atoms with Crippen LogP contribution in [0.1, 0.15) is 16.5 Å². The molecule has 0 N–H and O–H groups in total. The highest BCUT2D eigenvalue weighted by Gasteiger charge is 2.33. The predicted octanol–water partition coefficient (Wildman–Crippen LogP) is 5.01. The van der Waals surface area contributed by atoms with Gasteiger partial charge in [0.25, 0.3) is 0 Å². The summed E-state index contributed by atoms with van der Waals surface area (Å²) >= 11 is 5.21. The third-order valence-electron chi connectivity index (χ3n) is 4.27. The first-order valence-corrected chi connectivity index (χ1v) is 9.94. The molecule has 3 aromatic rings. The van der Waals surface area contributed by atoms with Crippen molar-refractivity contribution >= 4 is 33.6 Å². The first kappa shape index (κ1) is 16.5. The van der Waals surface area contributed by atoms with Crippen molar-refractivity contribution in [2.24, 2.45) is 0 Å². The molecule has 1 saturated heterocycles. The summed E-state index contributed by atoms with van der Waals surface area (Å²) in [6.45, 7) is 0.652. The van der Waals surface area contributed by atoms with Crippen molar-refractivity contribution in [3.05, 3.63) is 88.7 Å². The molecule has 126 valence electrons. The van der Waals surface area contributed by atoms with Gasteiger partial charge in [-0.2, -0.15) is 0 Å². The molecule has 1 aromatic heterocycles. The molecule has 5 heteroatoms. The van der Waals surface area contributed by atoms with Gasteiger partial charge in [0.1, 0.15) is 5.37 Å². The summed E-state index contributed by atoms with van der Waals surface area (Å²) in [6, 6.07) is 20.5. The van der Waals surface area contributed by atoms with Crippen LogP contribution in [-0.4, -0.2) is 21.1 Å². The van der Waals surface area contributed by atoms with E-state index in [0.717, 1.165) is 21.3 Å². The third-order valence-corrected chi connectivity index (χ3v) is 6.02. The normalized spacial score (nSPS) is 17.2. The number of rotatable bonds is 4. The molecule has 1 fully saturated rings. The van der Waals surface area contributed by atoms with Crippen LogP contribution in [0.25, 0.3) is 5.69 Å². The summed E-state index contributed by atoms with van der Waals surface area (Å²) in [6.07, 6.45) is 4.18. The maximum atomic E-state index is 12.4. The highest BCUT2D eigenvalue weighted by Crippen LogP contribution is 2.40. The summed E-state index contributed by atoms with van der Waals surface area (Å²) in [5.74, 6) is 0.744. The van der Waals surface area contributed by atoms with Crippen LogP contribution in [0, 0.1) is 0 Å². The van der Waals surface area contributed by atoms with E-state index in [9.17, 15) is 4.79 Å². The number of halogens is 1. The molecule has 1 atom stereocenters. The lowest BCUT2D eigenvalue weighted by atomic mass is 10.2. The molecule has 0 saturated carbocycles. The van der Waals surface area contributed by atoms with Crippen LogP contribution in [0.2, 0.25) is 0 Å². The molecule has 2 aromatic carbocycles. The Kier molecular flexibility index (Phi) is 4.68. The van der Waals surface area contributed by atoms with Crippen LogP contribution < -0.4 is 0 Å². The highest BCUT2D eigenvalue weighted by atomic mass is 79.9. The fourth-order valence-corrected chi connectivity index (χ4v) is 4.60. The van der Waals surface area contributed by atoms with E-state index < -0.39 is 0 Å².